The van der Waals surface area contributed by atoms with Crippen LogP contribution in [0.3, 0.4) is 0 Å². The van der Waals surface area contributed by atoms with Crippen molar-refractivity contribution >= 4 is 23.5 Å². The predicted molar refractivity (Wildman–Crippen MR) is 138 cm³/mol. The van der Waals surface area contributed by atoms with Crippen molar-refractivity contribution in [2.24, 2.45) is 0 Å². The number of pyridine rings is 1. The molecule has 0 unspecified atom stereocenters. The molecule has 0 amide bonds. The van der Waals surface area contributed by atoms with Crippen LogP contribution in [0.2, 0.25) is 0 Å². The van der Waals surface area contributed by atoms with E-state index in [4.69, 9.17) is 4.98 Å². The van der Waals surface area contributed by atoms with Gasteiger partial charge in [-0.2, -0.15) is 5.10 Å². The van der Waals surface area contributed by atoms with E-state index in [-0.39, 0.29) is 0 Å². The van der Waals surface area contributed by atoms with Crippen molar-refractivity contribution in [3.63, 3.8) is 0 Å². The molecule has 1 aliphatic heterocycles. The maximum Gasteiger partial charge on any atom is 0.162 e. The van der Waals surface area contributed by atoms with Crippen LogP contribution < -0.4 is 10.2 Å². The number of fused-ring (bicyclic) bond motifs is 1. The Labute approximate surface area is 195 Å². The van der Waals surface area contributed by atoms with Crippen molar-refractivity contribution in [1.29, 1.82) is 0 Å². The molecular weight excluding hydrogens is 408 g/mol. The highest BCUT2D eigenvalue weighted by Crippen LogP contribution is 2.30. The lowest BCUT2D eigenvalue weighted by molar-refractivity contribution is 0.589. The number of hydrogen-bond acceptors (Lipinski definition) is 5. The Balaban J connectivity index is 0.00000126. The first-order valence-electron chi connectivity index (χ1n) is 11.4. The molecule has 33 heavy (non-hydrogen) atoms. The largest absolute Gasteiger partial charge is 0.369 e. The second-order valence-corrected chi connectivity index (χ2v) is 7.52. The van der Waals surface area contributed by atoms with Gasteiger partial charge in [0.25, 0.3) is 0 Å². The van der Waals surface area contributed by atoms with E-state index in [0.29, 0.717) is 0 Å². The quantitative estimate of drug-likeness (QED) is 0.465. The third-order valence-corrected chi connectivity index (χ3v) is 5.75. The van der Waals surface area contributed by atoms with Crippen LogP contribution in [0.25, 0.3) is 40.1 Å². The first-order chi connectivity index (χ1) is 16.3. The first-order valence-corrected chi connectivity index (χ1v) is 11.4. The molecule has 0 aliphatic carbocycles. The van der Waals surface area contributed by atoms with Crippen LogP contribution in [0.15, 0.2) is 68.3 Å². The molecule has 168 valence electrons. The summed E-state index contributed by atoms with van der Waals surface area (Å²) < 4.78 is 1.83. The van der Waals surface area contributed by atoms with E-state index < -0.39 is 0 Å². The standard InChI is InChI=1S/C25H24N6.C2H6/c1-3-21-22(9-10-27-24(21)4-2)23-16-29-31-17-19(15-28-25(23)31)18-5-7-20(8-6-18)30-13-11-26-12-14-30;1-2/h3-10,15-17,26H,1-2,11-14H2;1-2H3. The van der Waals surface area contributed by atoms with E-state index in [9.17, 15) is 0 Å². The highest BCUT2D eigenvalue weighted by atomic mass is 15.2. The highest BCUT2D eigenvalue weighted by Gasteiger charge is 2.14. The maximum absolute atomic E-state index is 4.74. The second kappa shape index (κ2) is 10.2. The summed E-state index contributed by atoms with van der Waals surface area (Å²) in [6.45, 7) is 15.9. The number of nitrogens with zero attached hydrogens (tertiary/aromatic N) is 5. The van der Waals surface area contributed by atoms with Gasteiger partial charge in [0.2, 0.25) is 0 Å². The fourth-order valence-electron chi connectivity index (χ4n) is 4.10. The van der Waals surface area contributed by atoms with Gasteiger partial charge in [-0.3, -0.25) is 4.98 Å². The van der Waals surface area contributed by atoms with Crippen molar-refractivity contribution in [3.8, 4) is 22.3 Å². The zero-order valence-corrected chi connectivity index (χ0v) is 19.3. The molecule has 0 radical (unpaired) electrons. The normalized spacial score (nSPS) is 13.3. The molecule has 1 N–H and O–H groups in total. The number of rotatable bonds is 5. The van der Waals surface area contributed by atoms with Gasteiger partial charge in [-0.05, 0) is 35.4 Å². The summed E-state index contributed by atoms with van der Waals surface area (Å²) in [4.78, 5) is 11.5. The summed E-state index contributed by atoms with van der Waals surface area (Å²) in [6, 6.07) is 10.6. The van der Waals surface area contributed by atoms with Gasteiger partial charge in [0.15, 0.2) is 5.65 Å². The van der Waals surface area contributed by atoms with E-state index in [0.717, 1.165) is 65.3 Å². The monoisotopic (exact) mass is 438 g/mol. The number of hydrogen-bond donors (Lipinski definition) is 1. The third kappa shape index (κ3) is 4.43. The number of nitrogens with one attached hydrogen (secondary N) is 1. The number of anilines is 1. The topological polar surface area (TPSA) is 58.4 Å². The van der Waals surface area contributed by atoms with Gasteiger partial charge in [0.1, 0.15) is 0 Å². The summed E-state index contributed by atoms with van der Waals surface area (Å²) in [5, 5.41) is 7.95. The van der Waals surface area contributed by atoms with Crippen LogP contribution in [0, 0.1) is 0 Å². The smallest absolute Gasteiger partial charge is 0.162 e. The zero-order valence-electron chi connectivity index (χ0n) is 19.3. The van der Waals surface area contributed by atoms with E-state index in [1.807, 2.05) is 43.0 Å². The molecule has 0 bridgehead atoms. The molecule has 4 heterocycles. The molecule has 0 saturated carbocycles. The Morgan fingerprint density at radius 3 is 2.33 bits per heavy atom. The average molecular weight is 439 g/mol. The Morgan fingerprint density at radius 2 is 1.64 bits per heavy atom. The van der Waals surface area contributed by atoms with Gasteiger partial charge in [0.05, 0.1) is 11.9 Å². The molecule has 5 rings (SSSR count). The van der Waals surface area contributed by atoms with Crippen LogP contribution in [-0.4, -0.2) is 45.8 Å². The van der Waals surface area contributed by atoms with E-state index in [1.165, 1.54) is 5.69 Å². The molecule has 0 spiro atoms. The zero-order chi connectivity index (χ0) is 23.2. The number of piperazine rings is 1. The Kier molecular flexibility index (Phi) is 6.95. The highest BCUT2D eigenvalue weighted by molar-refractivity contribution is 5.85. The van der Waals surface area contributed by atoms with Crippen molar-refractivity contribution < 1.29 is 0 Å². The van der Waals surface area contributed by atoms with Gasteiger partial charge in [-0.15, -0.1) is 0 Å². The minimum absolute atomic E-state index is 0.797. The SMILES string of the molecule is C=Cc1nccc(-c2cnn3cc(-c4ccc(N5CCNCC5)cc4)cnc23)c1C=C.CC. The lowest BCUT2D eigenvalue weighted by atomic mass is 10.0. The summed E-state index contributed by atoms with van der Waals surface area (Å²) >= 11 is 0. The van der Waals surface area contributed by atoms with Crippen molar-refractivity contribution in [2.75, 3.05) is 31.1 Å². The van der Waals surface area contributed by atoms with Crippen LogP contribution in [-0.2, 0) is 0 Å². The van der Waals surface area contributed by atoms with Crippen LogP contribution in [0.5, 0.6) is 0 Å². The van der Waals surface area contributed by atoms with Crippen molar-refractivity contribution in [2.45, 2.75) is 13.8 Å². The molecule has 1 aromatic carbocycles. The summed E-state index contributed by atoms with van der Waals surface area (Å²) in [6.07, 6.45) is 11.1. The van der Waals surface area contributed by atoms with Crippen molar-refractivity contribution in [3.05, 3.63) is 79.5 Å². The Hall–Kier alpha value is -3.77. The third-order valence-electron chi connectivity index (χ3n) is 5.75. The minimum atomic E-state index is 0.797. The van der Waals surface area contributed by atoms with Crippen molar-refractivity contribution in [1.82, 2.24) is 24.9 Å². The van der Waals surface area contributed by atoms with Gasteiger partial charge in [-0.1, -0.05) is 45.2 Å². The molecule has 1 saturated heterocycles. The van der Waals surface area contributed by atoms with Crippen LogP contribution >= 0.6 is 0 Å². The molecule has 6 nitrogen and oxygen atoms in total. The summed E-state index contributed by atoms with van der Waals surface area (Å²) in [5.74, 6) is 0. The molecule has 6 heteroatoms. The lowest BCUT2D eigenvalue weighted by Crippen LogP contribution is -2.43. The summed E-state index contributed by atoms with van der Waals surface area (Å²) in [5.41, 5.74) is 7.87. The van der Waals surface area contributed by atoms with Gasteiger partial charge in [-0.25, -0.2) is 9.50 Å². The Morgan fingerprint density at radius 1 is 0.879 bits per heavy atom. The van der Waals surface area contributed by atoms with E-state index >= 15 is 0 Å². The number of aromatic nitrogens is 4. The Bertz CT molecular complexity index is 1250. The van der Waals surface area contributed by atoms with E-state index in [2.05, 4.69) is 57.7 Å². The van der Waals surface area contributed by atoms with Gasteiger partial charge < -0.3 is 10.2 Å². The van der Waals surface area contributed by atoms with Crippen LogP contribution in [0.1, 0.15) is 25.1 Å². The molecule has 3 aromatic heterocycles. The van der Waals surface area contributed by atoms with E-state index in [1.54, 1.807) is 18.3 Å². The first kappa shape index (κ1) is 22.4. The average Bonchev–Trinajstić information content (AvgIpc) is 3.33. The molecule has 1 fully saturated rings. The minimum Gasteiger partial charge on any atom is -0.369 e. The number of benzene rings is 1. The predicted octanol–water partition coefficient (Wildman–Crippen LogP) is 5.18. The maximum atomic E-state index is 4.74. The molecule has 1 aliphatic rings. The molecular formula is C27H30N6. The van der Waals surface area contributed by atoms with Gasteiger partial charge >= 0.3 is 0 Å². The molecule has 4 aromatic rings. The summed E-state index contributed by atoms with van der Waals surface area (Å²) in [7, 11) is 0. The lowest BCUT2D eigenvalue weighted by Gasteiger charge is -2.29. The van der Waals surface area contributed by atoms with Gasteiger partial charge in [0, 0.05) is 67.1 Å². The second-order valence-electron chi connectivity index (χ2n) is 7.52. The molecule has 0 atom stereocenters. The van der Waals surface area contributed by atoms with Crippen LogP contribution in [0.4, 0.5) is 5.69 Å². The fraction of sp³-hybridized carbons (Fsp3) is 0.222. The fourth-order valence-corrected chi connectivity index (χ4v) is 4.10.